The van der Waals surface area contributed by atoms with E-state index in [9.17, 15) is 0 Å². The molecule has 1 nitrogen and oxygen atoms in total. The topological polar surface area (TPSA) is 12.9 Å². The molecule has 0 aliphatic rings. The van der Waals surface area contributed by atoms with E-state index in [0.717, 1.165) is 9.26 Å². The molecule has 0 aliphatic heterocycles. The summed E-state index contributed by atoms with van der Waals surface area (Å²) in [5, 5.41) is 0. The average molecular weight is 231 g/mol. The Morgan fingerprint density at radius 3 is 2.89 bits per heavy atom. The van der Waals surface area contributed by atoms with E-state index in [-0.39, 0.29) is 0 Å². The molecule has 0 N–H and O–H groups in total. The Balaban J connectivity index is 3.07. The molecule has 1 heterocycles. The zero-order valence-electron chi connectivity index (χ0n) is 4.84. The Morgan fingerprint density at radius 1 is 1.67 bits per heavy atom. The van der Waals surface area contributed by atoms with Crippen molar-refractivity contribution in [1.82, 2.24) is 4.98 Å². The molecule has 1 rings (SSSR count). The van der Waals surface area contributed by atoms with Gasteiger partial charge < -0.3 is 0 Å². The zero-order chi connectivity index (χ0) is 6.69. The number of nitrogens with zero attached hydrogens (tertiary/aromatic N) is 1. The van der Waals surface area contributed by atoms with Crippen LogP contribution in [0.4, 0.5) is 0 Å². The van der Waals surface area contributed by atoms with Gasteiger partial charge in [0.1, 0.15) is 3.70 Å². The number of hydrogen-bond donors (Lipinski definition) is 0. The number of pyridine rings is 1. The summed E-state index contributed by atoms with van der Waals surface area (Å²) in [6.45, 7) is 3.64. The van der Waals surface area contributed by atoms with Gasteiger partial charge in [-0.15, -0.1) is 0 Å². The summed E-state index contributed by atoms with van der Waals surface area (Å²) in [5.74, 6) is 0. The van der Waals surface area contributed by atoms with Crippen LogP contribution in [0.1, 0.15) is 5.56 Å². The van der Waals surface area contributed by atoms with Crippen molar-refractivity contribution in [3.8, 4) is 0 Å². The predicted molar refractivity (Wildman–Crippen MR) is 47.0 cm³/mol. The van der Waals surface area contributed by atoms with Gasteiger partial charge >= 0.3 is 0 Å². The highest BCUT2D eigenvalue weighted by molar-refractivity contribution is 14.1. The van der Waals surface area contributed by atoms with Gasteiger partial charge in [0.05, 0.1) is 0 Å². The summed E-state index contributed by atoms with van der Waals surface area (Å²) in [6, 6.07) is 3.91. The molecule has 0 aliphatic carbocycles. The smallest absolute Gasteiger partial charge is 0.101 e. The lowest BCUT2D eigenvalue weighted by Gasteiger charge is -1.90. The first kappa shape index (κ1) is 6.74. The summed E-state index contributed by atoms with van der Waals surface area (Å²) >= 11 is 2.17. The fourth-order valence-electron chi connectivity index (χ4n) is 0.544. The molecule has 0 unspecified atom stereocenters. The highest BCUT2D eigenvalue weighted by Gasteiger charge is 1.86. The van der Waals surface area contributed by atoms with E-state index in [1.165, 1.54) is 0 Å². The number of rotatable bonds is 1. The van der Waals surface area contributed by atoms with E-state index in [0.29, 0.717) is 0 Å². The highest BCUT2D eigenvalue weighted by atomic mass is 127. The summed E-state index contributed by atoms with van der Waals surface area (Å²) in [5.41, 5.74) is 1.12. The lowest BCUT2D eigenvalue weighted by molar-refractivity contribution is 1.27. The maximum Gasteiger partial charge on any atom is 0.101 e. The standard InChI is InChI=1S/C7H6IN/c1-2-6-3-4-9-7(8)5-6/h2-5H,1H2. The monoisotopic (exact) mass is 231 g/mol. The molecule has 0 fully saturated rings. The molecule has 0 aromatic carbocycles. The van der Waals surface area contributed by atoms with Crippen LogP contribution in [0.15, 0.2) is 24.9 Å². The SMILES string of the molecule is C=Cc1ccnc(I)c1. The summed E-state index contributed by atoms with van der Waals surface area (Å²) in [4.78, 5) is 4.03. The average Bonchev–Trinajstić information content (AvgIpc) is 1.88. The molecule has 1 aromatic heterocycles. The van der Waals surface area contributed by atoms with Crippen molar-refractivity contribution in [2.75, 3.05) is 0 Å². The molecular formula is C7H6IN. The first-order chi connectivity index (χ1) is 4.33. The summed E-state index contributed by atoms with van der Waals surface area (Å²) in [7, 11) is 0. The highest BCUT2D eigenvalue weighted by Crippen LogP contribution is 2.04. The van der Waals surface area contributed by atoms with Crippen molar-refractivity contribution in [2.45, 2.75) is 0 Å². The fourth-order valence-corrected chi connectivity index (χ4v) is 1.06. The van der Waals surface area contributed by atoms with Gasteiger partial charge in [0.2, 0.25) is 0 Å². The van der Waals surface area contributed by atoms with Crippen LogP contribution in [0.2, 0.25) is 0 Å². The van der Waals surface area contributed by atoms with Crippen LogP contribution >= 0.6 is 22.6 Å². The number of halogens is 1. The van der Waals surface area contributed by atoms with Crippen molar-refractivity contribution in [1.29, 1.82) is 0 Å². The van der Waals surface area contributed by atoms with E-state index in [1.807, 2.05) is 18.2 Å². The van der Waals surface area contributed by atoms with Gasteiger partial charge in [-0.2, -0.15) is 0 Å². The quantitative estimate of drug-likeness (QED) is 0.533. The van der Waals surface area contributed by atoms with E-state index < -0.39 is 0 Å². The van der Waals surface area contributed by atoms with E-state index in [1.54, 1.807) is 6.20 Å². The van der Waals surface area contributed by atoms with Crippen molar-refractivity contribution >= 4 is 28.7 Å². The lowest BCUT2D eigenvalue weighted by Crippen LogP contribution is -1.78. The maximum atomic E-state index is 4.03. The summed E-state index contributed by atoms with van der Waals surface area (Å²) < 4.78 is 1.00. The third-order valence-corrected chi connectivity index (χ3v) is 1.58. The molecular weight excluding hydrogens is 225 g/mol. The molecule has 0 bridgehead atoms. The van der Waals surface area contributed by atoms with Crippen LogP contribution < -0.4 is 0 Å². The first-order valence-corrected chi connectivity index (χ1v) is 3.65. The Labute approximate surface area is 68.0 Å². The molecule has 9 heavy (non-hydrogen) atoms. The molecule has 1 aromatic rings. The van der Waals surface area contributed by atoms with Gasteiger partial charge in [-0.3, -0.25) is 4.98 Å². The normalized spacial score (nSPS) is 9.00. The maximum absolute atomic E-state index is 4.03. The second-order valence-electron chi connectivity index (χ2n) is 1.62. The minimum atomic E-state index is 1.00. The van der Waals surface area contributed by atoms with Gasteiger partial charge in [-0.05, 0) is 40.3 Å². The Kier molecular flexibility index (Phi) is 2.22. The molecule has 0 amide bonds. The largest absolute Gasteiger partial charge is 0.250 e. The number of hydrogen-bond acceptors (Lipinski definition) is 1. The second-order valence-corrected chi connectivity index (χ2v) is 2.72. The minimum absolute atomic E-state index is 1.00. The van der Waals surface area contributed by atoms with Crippen molar-refractivity contribution in [3.05, 3.63) is 34.2 Å². The van der Waals surface area contributed by atoms with Crippen LogP contribution in [0.3, 0.4) is 0 Å². The third-order valence-electron chi connectivity index (χ3n) is 0.986. The van der Waals surface area contributed by atoms with Crippen molar-refractivity contribution < 1.29 is 0 Å². The van der Waals surface area contributed by atoms with Gasteiger partial charge in [0, 0.05) is 6.20 Å². The van der Waals surface area contributed by atoms with Crippen molar-refractivity contribution in [3.63, 3.8) is 0 Å². The Bertz CT molecular complexity index is 220. The van der Waals surface area contributed by atoms with E-state index in [4.69, 9.17) is 0 Å². The number of aromatic nitrogens is 1. The molecule has 0 saturated carbocycles. The van der Waals surface area contributed by atoms with Crippen LogP contribution in [0, 0.1) is 3.70 Å². The minimum Gasteiger partial charge on any atom is -0.250 e. The molecule has 46 valence electrons. The van der Waals surface area contributed by atoms with E-state index in [2.05, 4.69) is 34.2 Å². The molecule has 0 saturated heterocycles. The lowest BCUT2D eigenvalue weighted by atomic mass is 10.3. The first-order valence-electron chi connectivity index (χ1n) is 2.57. The van der Waals surface area contributed by atoms with Crippen LogP contribution in [-0.2, 0) is 0 Å². The van der Waals surface area contributed by atoms with Gasteiger partial charge in [-0.1, -0.05) is 12.7 Å². The molecule has 0 radical (unpaired) electrons. The molecule has 2 heteroatoms. The van der Waals surface area contributed by atoms with Gasteiger partial charge in [0.25, 0.3) is 0 Å². The van der Waals surface area contributed by atoms with E-state index >= 15 is 0 Å². The van der Waals surface area contributed by atoms with Crippen LogP contribution in [-0.4, -0.2) is 4.98 Å². The zero-order valence-corrected chi connectivity index (χ0v) is 7.00. The fraction of sp³-hybridized carbons (Fsp3) is 0. The van der Waals surface area contributed by atoms with Gasteiger partial charge in [0.15, 0.2) is 0 Å². The summed E-state index contributed by atoms with van der Waals surface area (Å²) in [6.07, 6.45) is 3.59. The third kappa shape index (κ3) is 1.78. The Morgan fingerprint density at radius 2 is 2.44 bits per heavy atom. The Hall–Kier alpha value is -0.380. The van der Waals surface area contributed by atoms with Crippen molar-refractivity contribution in [2.24, 2.45) is 0 Å². The molecule has 0 atom stereocenters. The predicted octanol–water partition coefficient (Wildman–Crippen LogP) is 2.33. The second kappa shape index (κ2) is 2.96. The van der Waals surface area contributed by atoms with Crippen LogP contribution in [0.25, 0.3) is 6.08 Å². The van der Waals surface area contributed by atoms with Gasteiger partial charge in [-0.25, -0.2) is 0 Å². The molecule has 0 spiro atoms. The van der Waals surface area contributed by atoms with Crippen LogP contribution in [0.5, 0.6) is 0 Å².